The van der Waals surface area contributed by atoms with Gasteiger partial charge in [-0.15, -0.1) is 0 Å². The molecule has 1 amide bonds. The summed E-state index contributed by atoms with van der Waals surface area (Å²) in [5.74, 6) is 1.64. The van der Waals surface area contributed by atoms with Gasteiger partial charge in [0.15, 0.2) is 0 Å². The Bertz CT molecular complexity index is 301. The molecule has 0 radical (unpaired) electrons. The lowest BCUT2D eigenvalue weighted by Crippen LogP contribution is -2.42. The van der Waals surface area contributed by atoms with Crippen LogP contribution in [0.1, 0.15) is 38.5 Å². The van der Waals surface area contributed by atoms with Gasteiger partial charge in [-0.1, -0.05) is 0 Å². The molecule has 3 rings (SSSR count). The molecule has 2 aliphatic heterocycles. The molecule has 0 atom stereocenters. The Hall–Kier alpha value is -0.770. The third kappa shape index (κ3) is 2.63. The fourth-order valence-electron chi connectivity index (χ4n) is 3.76. The van der Waals surface area contributed by atoms with Crippen LogP contribution in [0.25, 0.3) is 0 Å². The second-order valence-electron chi connectivity index (χ2n) is 6.21. The Labute approximate surface area is 109 Å². The third-order valence-corrected chi connectivity index (χ3v) is 5.11. The van der Waals surface area contributed by atoms with Crippen molar-refractivity contribution < 1.29 is 9.90 Å². The fourth-order valence-corrected chi connectivity index (χ4v) is 3.76. The summed E-state index contributed by atoms with van der Waals surface area (Å²) in [6, 6.07) is 0.916. The van der Waals surface area contributed by atoms with Crippen LogP contribution in [0.5, 0.6) is 0 Å². The highest BCUT2D eigenvalue weighted by molar-refractivity contribution is 5.64. The summed E-state index contributed by atoms with van der Waals surface area (Å²) in [5, 5.41) is 8.96. The van der Waals surface area contributed by atoms with Crippen LogP contribution in [-0.2, 0) is 0 Å². The number of piperidine rings is 2. The predicted molar refractivity (Wildman–Crippen MR) is 69.6 cm³/mol. The average molecular weight is 252 g/mol. The van der Waals surface area contributed by atoms with Gasteiger partial charge in [0, 0.05) is 19.1 Å². The van der Waals surface area contributed by atoms with E-state index in [0.29, 0.717) is 0 Å². The summed E-state index contributed by atoms with van der Waals surface area (Å²) in [6.07, 6.45) is 6.95. The molecule has 0 aromatic heterocycles. The van der Waals surface area contributed by atoms with E-state index in [4.69, 9.17) is 5.11 Å². The molecule has 3 aliphatic rings. The van der Waals surface area contributed by atoms with E-state index in [9.17, 15) is 4.79 Å². The van der Waals surface area contributed by atoms with Crippen molar-refractivity contribution in [1.82, 2.24) is 9.80 Å². The second kappa shape index (κ2) is 5.08. The number of carboxylic acid groups (broad SMARTS) is 1. The van der Waals surface area contributed by atoms with Crippen LogP contribution in [0.4, 0.5) is 4.79 Å². The third-order valence-electron chi connectivity index (χ3n) is 5.11. The standard InChI is InChI=1S/C14H24N2O2/c17-14(18)16-9-5-12(6-10-16)11-3-7-15(8-4-11)13-1-2-13/h11-13H,1-10H2,(H,17,18). The Morgan fingerprint density at radius 2 is 1.33 bits per heavy atom. The van der Waals surface area contributed by atoms with E-state index in [0.717, 1.165) is 43.8 Å². The van der Waals surface area contributed by atoms with Gasteiger partial charge in [0.2, 0.25) is 0 Å². The summed E-state index contributed by atoms with van der Waals surface area (Å²) >= 11 is 0. The molecule has 4 heteroatoms. The molecule has 0 unspecified atom stereocenters. The SMILES string of the molecule is O=C(O)N1CCC(C2CCN(C3CC3)CC2)CC1. The topological polar surface area (TPSA) is 43.8 Å². The number of hydrogen-bond acceptors (Lipinski definition) is 2. The maximum atomic E-state index is 10.9. The molecule has 18 heavy (non-hydrogen) atoms. The molecule has 4 nitrogen and oxygen atoms in total. The molecule has 2 heterocycles. The van der Waals surface area contributed by atoms with Crippen LogP contribution in [0.3, 0.4) is 0 Å². The van der Waals surface area contributed by atoms with Gasteiger partial charge in [-0.25, -0.2) is 4.79 Å². The number of rotatable bonds is 2. The largest absolute Gasteiger partial charge is 0.465 e. The van der Waals surface area contributed by atoms with Gasteiger partial charge in [-0.3, -0.25) is 0 Å². The number of hydrogen-bond donors (Lipinski definition) is 1. The molecule has 3 fully saturated rings. The van der Waals surface area contributed by atoms with Crippen molar-refractivity contribution >= 4 is 6.09 Å². The molecular weight excluding hydrogens is 228 g/mol. The van der Waals surface area contributed by atoms with Crippen molar-refractivity contribution in [3.05, 3.63) is 0 Å². The maximum absolute atomic E-state index is 10.9. The minimum atomic E-state index is -0.739. The first kappa shape index (κ1) is 12.3. The van der Waals surface area contributed by atoms with E-state index in [2.05, 4.69) is 4.90 Å². The quantitative estimate of drug-likeness (QED) is 0.819. The molecule has 1 aliphatic carbocycles. The van der Waals surface area contributed by atoms with Gasteiger partial charge >= 0.3 is 6.09 Å². The molecule has 0 spiro atoms. The Kier molecular flexibility index (Phi) is 3.46. The normalized spacial score (nSPS) is 28.6. The van der Waals surface area contributed by atoms with Crippen molar-refractivity contribution in [3.63, 3.8) is 0 Å². The van der Waals surface area contributed by atoms with Gasteiger partial charge < -0.3 is 14.9 Å². The smallest absolute Gasteiger partial charge is 0.407 e. The van der Waals surface area contributed by atoms with E-state index in [-0.39, 0.29) is 0 Å². The van der Waals surface area contributed by atoms with Gasteiger partial charge in [-0.05, 0) is 63.5 Å². The van der Waals surface area contributed by atoms with E-state index in [1.807, 2.05) is 0 Å². The highest BCUT2D eigenvalue weighted by Crippen LogP contribution is 2.36. The average Bonchev–Trinajstić information content (AvgIpc) is 3.23. The van der Waals surface area contributed by atoms with E-state index in [1.54, 1.807) is 4.90 Å². The summed E-state index contributed by atoms with van der Waals surface area (Å²) < 4.78 is 0. The number of likely N-dealkylation sites (tertiary alicyclic amines) is 2. The number of carbonyl (C=O) groups is 1. The highest BCUT2D eigenvalue weighted by Gasteiger charge is 2.35. The zero-order valence-corrected chi connectivity index (χ0v) is 11.1. The first-order valence-electron chi connectivity index (χ1n) is 7.46. The molecule has 1 saturated carbocycles. The molecule has 1 N–H and O–H groups in total. The van der Waals surface area contributed by atoms with Crippen LogP contribution in [0.15, 0.2) is 0 Å². The van der Waals surface area contributed by atoms with Gasteiger partial charge in [0.05, 0.1) is 0 Å². The molecule has 0 bridgehead atoms. The lowest BCUT2D eigenvalue weighted by molar-refractivity contribution is 0.0860. The van der Waals surface area contributed by atoms with Crippen molar-refractivity contribution in [2.75, 3.05) is 26.2 Å². The lowest BCUT2D eigenvalue weighted by atomic mass is 9.79. The Balaban J connectivity index is 1.44. The van der Waals surface area contributed by atoms with Crippen molar-refractivity contribution in [3.8, 4) is 0 Å². The van der Waals surface area contributed by atoms with Gasteiger partial charge in [-0.2, -0.15) is 0 Å². The molecule has 102 valence electrons. The second-order valence-corrected chi connectivity index (χ2v) is 6.21. The Morgan fingerprint density at radius 1 is 0.833 bits per heavy atom. The minimum Gasteiger partial charge on any atom is -0.465 e. The summed E-state index contributed by atoms with van der Waals surface area (Å²) in [7, 11) is 0. The number of amides is 1. The van der Waals surface area contributed by atoms with Crippen molar-refractivity contribution in [1.29, 1.82) is 0 Å². The van der Waals surface area contributed by atoms with E-state index in [1.165, 1.54) is 38.8 Å². The van der Waals surface area contributed by atoms with Crippen LogP contribution < -0.4 is 0 Å². The Morgan fingerprint density at radius 3 is 1.78 bits per heavy atom. The molecule has 0 aromatic rings. The zero-order valence-electron chi connectivity index (χ0n) is 11.1. The van der Waals surface area contributed by atoms with Crippen molar-refractivity contribution in [2.24, 2.45) is 11.8 Å². The zero-order chi connectivity index (χ0) is 12.5. The molecular formula is C14H24N2O2. The van der Waals surface area contributed by atoms with Crippen LogP contribution in [-0.4, -0.2) is 53.2 Å². The van der Waals surface area contributed by atoms with Crippen molar-refractivity contribution in [2.45, 2.75) is 44.6 Å². The summed E-state index contributed by atoms with van der Waals surface area (Å²) in [5.41, 5.74) is 0. The van der Waals surface area contributed by atoms with Gasteiger partial charge in [0.25, 0.3) is 0 Å². The molecule has 2 saturated heterocycles. The molecule has 0 aromatic carbocycles. The summed E-state index contributed by atoms with van der Waals surface area (Å²) in [6.45, 7) is 4.08. The van der Waals surface area contributed by atoms with Crippen LogP contribution in [0.2, 0.25) is 0 Å². The lowest BCUT2D eigenvalue weighted by Gasteiger charge is -2.39. The van der Waals surface area contributed by atoms with E-state index < -0.39 is 6.09 Å². The number of nitrogens with zero attached hydrogens (tertiary/aromatic N) is 2. The maximum Gasteiger partial charge on any atom is 0.407 e. The van der Waals surface area contributed by atoms with Crippen LogP contribution >= 0.6 is 0 Å². The van der Waals surface area contributed by atoms with Crippen LogP contribution in [0, 0.1) is 11.8 Å². The first-order valence-corrected chi connectivity index (χ1v) is 7.46. The van der Waals surface area contributed by atoms with Gasteiger partial charge in [0.1, 0.15) is 0 Å². The fraction of sp³-hybridized carbons (Fsp3) is 0.929. The predicted octanol–water partition coefficient (Wildman–Crippen LogP) is 2.25. The van der Waals surface area contributed by atoms with E-state index >= 15 is 0 Å². The monoisotopic (exact) mass is 252 g/mol. The summed E-state index contributed by atoms with van der Waals surface area (Å²) in [4.78, 5) is 15.1. The first-order chi connectivity index (χ1) is 8.74. The minimum absolute atomic E-state index is 0.739. The highest BCUT2D eigenvalue weighted by atomic mass is 16.4.